The fraction of sp³-hybridized carbons (Fsp3) is 0.667. The van der Waals surface area contributed by atoms with Crippen molar-refractivity contribution >= 4 is 17.3 Å². The van der Waals surface area contributed by atoms with Crippen molar-refractivity contribution in [3.8, 4) is 0 Å². The molecule has 1 aliphatic rings. The van der Waals surface area contributed by atoms with E-state index < -0.39 is 12.6 Å². The van der Waals surface area contributed by atoms with Gasteiger partial charge in [-0.2, -0.15) is 13.2 Å². The maximum absolute atomic E-state index is 12.4. The van der Waals surface area contributed by atoms with Crippen molar-refractivity contribution in [2.24, 2.45) is 5.92 Å². The third-order valence-corrected chi connectivity index (χ3v) is 3.56. The number of nitrogens with one attached hydrogen (secondary N) is 1. The molecule has 0 spiro atoms. The third kappa shape index (κ3) is 3.88. The van der Waals surface area contributed by atoms with Crippen LogP contribution in [0.4, 0.5) is 30.5 Å². The summed E-state index contributed by atoms with van der Waals surface area (Å²) in [5, 5.41) is 3.08. The number of nitrogens with two attached hydrogens (primary N) is 2. The standard InChI is InChI=1S/C12H18F3N5/c13-12(14,15)5-7-2-1-3-8(4-7)20-11-9(16)10(17)18-6-19-11/h6-8H,1-5,16H2,(H3,17,18,19,20). The molecule has 1 saturated carbocycles. The Morgan fingerprint density at radius 2 is 2.00 bits per heavy atom. The predicted molar refractivity (Wildman–Crippen MR) is 70.9 cm³/mol. The Morgan fingerprint density at radius 3 is 2.70 bits per heavy atom. The molecule has 0 radical (unpaired) electrons. The number of aromatic nitrogens is 2. The first-order chi connectivity index (χ1) is 9.35. The van der Waals surface area contributed by atoms with Crippen LogP contribution < -0.4 is 16.8 Å². The molecule has 2 rings (SSSR count). The molecule has 112 valence electrons. The predicted octanol–water partition coefficient (Wildman–Crippen LogP) is 2.56. The van der Waals surface area contributed by atoms with E-state index in [0.29, 0.717) is 18.7 Å². The van der Waals surface area contributed by atoms with Crippen LogP contribution in [-0.2, 0) is 0 Å². The van der Waals surface area contributed by atoms with Gasteiger partial charge in [0.25, 0.3) is 0 Å². The summed E-state index contributed by atoms with van der Waals surface area (Å²) >= 11 is 0. The topological polar surface area (TPSA) is 89.8 Å². The lowest BCUT2D eigenvalue weighted by molar-refractivity contribution is -0.146. The van der Waals surface area contributed by atoms with Gasteiger partial charge < -0.3 is 16.8 Å². The minimum Gasteiger partial charge on any atom is -0.393 e. The van der Waals surface area contributed by atoms with E-state index in [4.69, 9.17) is 11.5 Å². The lowest BCUT2D eigenvalue weighted by atomic mass is 9.83. The van der Waals surface area contributed by atoms with Crippen LogP contribution in [-0.4, -0.2) is 22.2 Å². The molecule has 0 aromatic carbocycles. The highest BCUT2D eigenvalue weighted by Crippen LogP contribution is 2.35. The minimum absolute atomic E-state index is 0.0623. The molecule has 0 amide bonds. The van der Waals surface area contributed by atoms with Gasteiger partial charge in [0.1, 0.15) is 12.0 Å². The number of hydrogen-bond acceptors (Lipinski definition) is 5. The van der Waals surface area contributed by atoms with Crippen LogP contribution in [0.5, 0.6) is 0 Å². The first kappa shape index (κ1) is 14.7. The van der Waals surface area contributed by atoms with E-state index in [1.165, 1.54) is 6.33 Å². The van der Waals surface area contributed by atoms with Gasteiger partial charge in [-0.05, 0) is 25.2 Å². The Hall–Kier alpha value is -1.73. The number of nitrogens with zero attached hydrogens (tertiary/aromatic N) is 2. The Bertz CT molecular complexity index is 463. The molecule has 1 aromatic rings. The largest absolute Gasteiger partial charge is 0.393 e. The molecule has 5 N–H and O–H groups in total. The number of hydrogen-bond donors (Lipinski definition) is 3. The average Bonchev–Trinajstić information content (AvgIpc) is 2.33. The lowest BCUT2D eigenvalue weighted by Crippen LogP contribution is -2.30. The van der Waals surface area contributed by atoms with Crippen LogP contribution in [0.3, 0.4) is 0 Å². The Balaban J connectivity index is 1.98. The van der Waals surface area contributed by atoms with Gasteiger partial charge in [-0.3, -0.25) is 0 Å². The molecule has 0 bridgehead atoms. The van der Waals surface area contributed by atoms with Crippen LogP contribution in [0.2, 0.25) is 0 Å². The highest BCUT2D eigenvalue weighted by atomic mass is 19.4. The highest BCUT2D eigenvalue weighted by molar-refractivity contribution is 5.72. The van der Waals surface area contributed by atoms with Crippen molar-refractivity contribution in [3.63, 3.8) is 0 Å². The second-order valence-corrected chi connectivity index (χ2v) is 5.21. The van der Waals surface area contributed by atoms with E-state index in [-0.39, 0.29) is 23.5 Å². The zero-order valence-electron chi connectivity index (χ0n) is 11.0. The zero-order chi connectivity index (χ0) is 14.8. The summed E-state index contributed by atoms with van der Waals surface area (Å²) in [6.07, 6.45) is -0.917. The molecular weight excluding hydrogens is 271 g/mol. The van der Waals surface area contributed by atoms with E-state index in [1.54, 1.807) is 0 Å². The van der Waals surface area contributed by atoms with Gasteiger partial charge in [0, 0.05) is 12.5 Å². The van der Waals surface area contributed by atoms with Crippen LogP contribution in [0, 0.1) is 5.92 Å². The summed E-state index contributed by atoms with van der Waals surface area (Å²) < 4.78 is 37.3. The minimum atomic E-state index is -4.11. The van der Waals surface area contributed by atoms with Crippen LogP contribution >= 0.6 is 0 Å². The summed E-state index contributed by atoms with van der Waals surface area (Å²) in [7, 11) is 0. The van der Waals surface area contributed by atoms with Gasteiger partial charge in [0.2, 0.25) is 0 Å². The van der Waals surface area contributed by atoms with Crippen LogP contribution in [0.15, 0.2) is 6.33 Å². The van der Waals surface area contributed by atoms with Crippen molar-refractivity contribution in [2.45, 2.75) is 44.3 Å². The second-order valence-electron chi connectivity index (χ2n) is 5.21. The van der Waals surface area contributed by atoms with Crippen LogP contribution in [0.1, 0.15) is 32.1 Å². The van der Waals surface area contributed by atoms with Crippen molar-refractivity contribution in [2.75, 3.05) is 16.8 Å². The zero-order valence-corrected chi connectivity index (χ0v) is 11.0. The second kappa shape index (κ2) is 5.72. The molecule has 0 saturated heterocycles. The van der Waals surface area contributed by atoms with Crippen molar-refractivity contribution in [3.05, 3.63) is 6.33 Å². The summed E-state index contributed by atoms with van der Waals surface area (Å²) in [4.78, 5) is 7.73. The molecule has 2 unspecified atom stereocenters. The van der Waals surface area contributed by atoms with Gasteiger partial charge in [-0.15, -0.1) is 0 Å². The van der Waals surface area contributed by atoms with Gasteiger partial charge in [0.15, 0.2) is 11.6 Å². The molecule has 20 heavy (non-hydrogen) atoms. The number of alkyl halides is 3. The van der Waals surface area contributed by atoms with Crippen molar-refractivity contribution in [1.29, 1.82) is 0 Å². The van der Waals surface area contributed by atoms with Crippen molar-refractivity contribution in [1.82, 2.24) is 9.97 Å². The van der Waals surface area contributed by atoms with Crippen molar-refractivity contribution < 1.29 is 13.2 Å². The Kier molecular flexibility index (Phi) is 4.20. The summed E-state index contributed by atoms with van der Waals surface area (Å²) in [6.45, 7) is 0. The summed E-state index contributed by atoms with van der Waals surface area (Å²) in [6, 6.07) is -0.0623. The highest BCUT2D eigenvalue weighted by Gasteiger charge is 2.34. The maximum Gasteiger partial charge on any atom is 0.389 e. The van der Waals surface area contributed by atoms with Gasteiger partial charge in [-0.25, -0.2) is 9.97 Å². The maximum atomic E-state index is 12.4. The molecule has 1 fully saturated rings. The smallest absolute Gasteiger partial charge is 0.389 e. The fourth-order valence-corrected chi connectivity index (χ4v) is 2.65. The summed E-state index contributed by atoms with van der Waals surface area (Å²) in [5.74, 6) is 0.224. The van der Waals surface area contributed by atoms with E-state index >= 15 is 0 Å². The lowest BCUT2D eigenvalue weighted by Gasteiger charge is -2.30. The Morgan fingerprint density at radius 1 is 1.25 bits per heavy atom. The number of nitrogen functional groups attached to an aromatic ring is 2. The molecule has 2 atom stereocenters. The fourth-order valence-electron chi connectivity index (χ4n) is 2.65. The van der Waals surface area contributed by atoms with E-state index in [9.17, 15) is 13.2 Å². The van der Waals surface area contributed by atoms with Gasteiger partial charge in [-0.1, -0.05) is 6.42 Å². The quantitative estimate of drug-likeness (QED) is 0.795. The van der Waals surface area contributed by atoms with Crippen LogP contribution in [0.25, 0.3) is 0 Å². The van der Waals surface area contributed by atoms with E-state index in [0.717, 1.165) is 12.8 Å². The average molecular weight is 289 g/mol. The molecule has 1 aliphatic carbocycles. The number of rotatable bonds is 3. The molecule has 1 aromatic heterocycles. The van der Waals surface area contributed by atoms with Gasteiger partial charge in [0.05, 0.1) is 0 Å². The molecular formula is C12H18F3N5. The number of anilines is 3. The Labute approximate surface area is 115 Å². The molecule has 0 aliphatic heterocycles. The summed E-state index contributed by atoms with van der Waals surface area (Å²) in [5.41, 5.74) is 11.6. The third-order valence-electron chi connectivity index (χ3n) is 3.56. The van der Waals surface area contributed by atoms with E-state index in [2.05, 4.69) is 15.3 Å². The number of halogens is 3. The first-order valence-electron chi connectivity index (χ1n) is 6.54. The normalized spacial score (nSPS) is 23.6. The monoisotopic (exact) mass is 289 g/mol. The molecule has 8 heteroatoms. The van der Waals surface area contributed by atoms with E-state index in [1.807, 2.05) is 0 Å². The molecule has 5 nitrogen and oxygen atoms in total. The SMILES string of the molecule is Nc1ncnc(NC2CCCC(CC(F)(F)F)C2)c1N. The first-order valence-corrected chi connectivity index (χ1v) is 6.54. The van der Waals surface area contributed by atoms with Gasteiger partial charge >= 0.3 is 6.18 Å². The molecule has 1 heterocycles.